The number of anilines is 1. The fraction of sp³-hybridized carbons (Fsp3) is 0.188. The smallest absolute Gasteiger partial charge is 0.406 e. The predicted octanol–water partition coefficient (Wildman–Crippen LogP) is 4.35. The first-order valence-electron chi connectivity index (χ1n) is 6.70. The second kappa shape index (κ2) is 6.60. The molecule has 1 N–H and O–H groups in total. The number of amides is 2. The standard InChI is InChI=1S/C16H15F3N2O2/c1-21(2)15(22)20-14-9-8-12(23-16(17,18)19)10-13(14)11-6-4-3-5-7-11/h3-10H,1-2H3,(H,20,22). The van der Waals surface area contributed by atoms with Gasteiger partial charge in [-0.05, 0) is 23.8 Å². The van der Waals surface area contributed by atoms with Crippen LogP contribution in [-0.2, 0) is 0 Å². The fourth-order valence-electron chi connectivity index (χ4n) is 1.91. The molecule has 122 valence electrons. The Labute approximate surface area is 131 Å². The minimum Gasteiger partial charge on any atom is -0.406 e. The zero-order chi connectivity index (χ0) is 17.0. The number of hydrogen-bond acceptors (Lipinski definition) is 2. The summed E-state index contributed by atoms with van der Waals surface area (Å²) in [7, 11) is 3.14. The lowest BCUT2D eigenvalue weighted by Crippen LogP contribution is -2.27. The highest BCUT2D eigenvalue weighted by Crippen LogP contribution is 2.34. The molecule has 0 aliphatic carbocycles. The maximum absolute atomic E-state index is 12.4. The maximum Gasteiger partial charge on any atom is 0.573 e. The summed E-state index contributed by atoms with van der Waals surface area (Å²) in [5.74, 6) is -0.348. The van der Waals surface area contributed by atoms with Crippen molar-refractivity contribution in [1.82, 2.24) is 4.90 Å². The van der Waals surface area contributed by atoms with Gasteiger partial charge in [0.2, 0.25) is 0 Å². The molecule has 0 fully saturated rings. The van der Waals surface area contributed by atoms with E-state index >= 15 is 0 Å². The second-order valence-corrected chi connectivity index (χ2v) is 4.95. The van der Waals surface area contributed by atoms with E-state index in [4.69, 9.17) is 0 Å². The Kier molecular flexibility index (Phi) is 4.78. The summed E-state index contributed by atoms with van der Waals surface area (Å²) in [4.78, 5) is 13.1. The number of nitrogens with one attached hydrogen (secondary N) is 1. The van der Waals surface area contributed by atoms with Crippen LogP contribution >= 0.6 is 0 Å². The van der Waals surface area contributed by atoms with Crippen molar-refractivity contribution in [3.05, 3.63) is 48.5 Å². The molecule has 0 atom stereocenters. The lowest BCUT2D eigenvalue weighted by atomic mass is 10.0. The zero-order valence-electron chi connectivity index (χ0n) is 12.5. The SMILES string of the molecule is CN(C)C(=O)Nc1ccc(OC(F)(F)F)cc1-c1ccccc1. The van der Waals surface area contributed by atoms with Gasteiger partial charge in [-0.1, -0.05) is 30.3 Å². The highest BCUT2D eigenvalue weighted by Gasteiger charge is 2.31. The Morgan fingerprint density at radius 2 is 1.74 bits per heavy atom. The van der Waals surface area contributed by atoms with Gasteiger partial charge in [0.05, 0.1) is 5.69 Å². The van der Waals surface area contributed by atoms with Gasteiger partial charge in [0.1, 0.15) is 5.75 Å². The Balaban J connectivity index is 2.43. The molecule has 23 heavy (non-hydrogen) atoms. The van der Waals surface area contributed by atoms with E-state index in [-0.39, 0.29) is 11.8 Å². The van der Waals surface area contributed by atoms with Crippen LogP contribution in [0.15, 0.2) is 48.5 Å². The Hall–Kier alpha value is -2.70. The molecule has 0 bridgehead atoms. The molecule has 0 spiro atoms. The average molecular weight is 324 g/mol. The number of nitrogens with zero attached hydrogens (tertiary/aromatic N) is 1. The molecular formula is C16H15F3N2O2. The average Bonchev–Trinajstić information content (AvgIpc) is 2.48. The quantitative estimate of drug-likeness (QED) is 0.912. The molecule has 2 aromatic rings. The largest absolute Gasteiger partial charge is 0.573 e. The number of benzene rings is 2. The first kappa shape index (κ1) is 16.7. The maximum atomic E-state index is 12.4. The molecule has 0 unspecified atom stereocenters. The molecule has 0 aromatic heterocycles. The third-order valence-electron chi connectivity index (χ3n) is 2.96. The van der Waals surface area contributed by atoms with Crippen molar-refractivity contribution in [2.24, 2.45) is 0 Å². The second-order valence-electron chi connectivity index (χ2n) is 4.95. The molecule has 2 amide bonds. The predicted molar refractivity (Wildman–Crippen MR) is 81.3 cm³/mol. The van der Waals surface area contributed by atoms with E-state index in [0.717, 1.165) is 6.07 Å². The molecule has 0 saturated heterocycles. The van der Waals surface area contributed by atoms with Crippen molar-refractivity contribution in [3.63, 3.8) is 0 Å². The molecule has 0 aliphatic heterocycles. The molecule has 0 saturated carbocycles. The number of rotatable bonds is 3. The number of urea groups is 1. The lowest BCUT2D eigenvalue weighted by molar-refractivity contribution is -0.274. The number of hydrogen-bond donors (Lipinski definition) is 1. The number of carbonyl (C=O) groups is 1. The first-order valence-corrected chi connectivity index (χ1v) is 6.70. The van der Waals surface area contributed by atoms with Gasteiger partial charge < -0.3 is 15.0 Å². The summed E-state index contributed by atoms with van der Waals surface area (Å²) in [6, 6.07) is 12.2. The Bertz CT molecular complexity index is 685. The molecular weight excluding hydrogens is 309 g/mol. The van der Waals surface area contributed by atoms with Gasteiger partial charge in [-0.25, -0.2) is 4.79 Å². The number of ether oxygens (including phenoxy) is 1. The monoisotopic (exact) mass is 324 g/mol. The summed E-state index contributed by atoms with van der Waals surface area (Å²) >= 11 is 0. The van der Waals surface area contributed by atoms with Crippen LogP contribution in [0.4, 0.5) is 23.7 Å². The van der Waals surface area contributed by atoms with Crippen molar-refractivity contribution >= 4 is 11.7 Å². The van der Waals surface area contributed by atoms with Crippen LogP contribution in [0.25, 0.3) is 11.1 Å². The van der Waals surface area contributed by atoms with Gasteiger partial charge in [-0.15, -0.1) is 13.2 Å². The summed E-state index contributed by atoms with van der Waals surface area (Å²) in [6.45, 7) is 0. The van der Waals surface area contributed by atoms with E-state index in [9.17, 15) is 18.0 Å². The number of alkyl halides is 3. The van der Waals surface area contributed by atoms with Crippen molar-refractivity contribution < 1.29 is 22.7 Å². The third-order valence-corrected chi connectivity index (χ3v) is 2.96. The van der Waals surface area contributed by atoms with E-state index < -0.39 is 6.36 Å². The van der Waals surface area contributed by atoms with Crippen LogP contribution in [0.3, 0.4) is 0 Å². The van der Waals surface area contributed by atoms with E-state index in [2.05, 4.69) is 10.1 Å². The van der Waals surface area contributed by atoms with Crippen LogP contribution in [-0.4, -0.2) is 31.4 Å². The summed E-state index contributed by atoms with van der Waals surface area (Å²) in [5.41, 5.74) is 1.49. The van der Waals surface area contributed by atoms with Crippen molar-refractivity contribution in [1.29, 1.82) is 0 Å². The van der Waals surface area contributed by atoms with Crippen molar-refractivity contribution in [2.75, 3.05) is 19.4 Å². The molecule has 2 aromatic carbocycles. The fourth-order valence-corrected chi connectivity index (χ4v) is 1.91. The highest BCUT2D eigenvalue weighted by atomic mass is 19.4. The molecule has 0 aliphatic rings. The summed E-state index contributed by atoms with van der Waals surface area (Å²) in [5, 5.41) is 2.65. The van der Waals surface area contributed by atoms with Gasteiger partial charge in [0.25, 0.3) is 0 Å². The number of carbonyl (C=O) groups excluding carboxylic acids is 1. The van der Waals surface area contributed by atoms with Crippen LogP contribution in [0.2, 0.25) is 0 Å². The molecule has 4 nitrogen and oxygen atoms in total. The minimum atomic E-state index is -4.78. The van der Waals surface area contributed by atoms with Gasteiger partial charge >= 0.3 is 12.4 Å². The topological polar surface area (TPSA) is 41.6 Å². The Morgan fingerprint density at radius 3 is 2.30 bits per heavy atom. The third kappa shape index (κ3) is 4.64. The van der Waals surface area contributed by atoms with E-state index in [0.29, 0.717) is 16.8 Å². The van der Waals surface area contributed by atoms with E-state index in [1.165, 1.54) is 17.0 Å². The number of halogens is 3. The van der Waals surface area contributed by atoms with Crippen LogP contribution in [0, 0.1) is 0 Å². The summed E-state index contributed by atoms with van der Waals surface area (Å²) in [6.07, 6.45) is -4.78. The van der Waals surface area contributed by atoms with Crippen molar-refractivity contribution in [3.8, 4) is 16.9 Å². The van der Waals surface area contributed by atoms with E-state index in [1.807, 2.05) is 0 Å². The minimum absolute atomic E-state index is 0.348. The normalized spacial score (nSPS) is 11.0. The van der Waals surface area contributed by atoms with Gasteiger partial charge in [-0.2, -0.15) is 0 Å². The first-order chi connectivity index (χ1) is 10.8. The molecule has 7 heteroatoms. The van der Waals surface area contributed by atoms with Crippen LogP contribution in [0.5, 0.6) is 5.75 Å². The lowest BCUT2D eigenvalue weighted by Gasteiger charge is -2.17. The zero-order valence-corrected chi connectivity index (χ0v) is 12.5. The van der Waals surface area contributed by atoms with Gasteiger partial charge in [-0.3, -0.25) is 0 Å². The van der Waals surface area contributed by atoms with E-state index in [1.54, 1.807) is 44.4 Å². The molecule has 0 radical (unpaired) electrons. The van der Waals surface area contributed by atoms with Gasteiger partial charge in [0.15, 0.2) is 0 Å². The molecule has 2 rings (SSSR count). The van der Waals surface area contributed by atoms with Crippen LogP contribution in [0.1, 0.15) is 0 Å². The molecule has 0 heterocycles. The van der Waals surface area contributed by atoms with Crippen LogP contribution < -0.4 is 10.1 Å². The highest BCUT2D eigenvalue weighted by molar-refractivity contribution is 5.94. The van der Waals surface area contributed by atoms with Gasteiger partial charge in [0, 0.05) is 19.7 Å². The Morgan fingerprint density at radius 1 is 1.09 bits per heavy atom. The van der Waals surface area contributed by atoms with Crippen molar-refractivity contribution in [2.45, 2.75) is 6.36 Å². The summed E-state index contributed by atoms with van der Waals surface area (Å²) < 4.78 is 41.1.